The highest BCUT2D eigenvalue weighted by atomic mass is 31.2. The molecular weight excluding hydrogens is 682 g/mol. The summed E-state index contributed by atoms with van der Waals surface area (Å²) >= 11 is 0. The molecule has 288 valence electrons. The monoisotopic (exact) mass is 741 g/mol. The Kier molecular flexibility index (Phi) is 17.2. The largest absolute Gasteiger partial charge is 0.737 e. The second kappa shape index (κ2) is 20.6. The summed E-state index contributed by atoms with van der Waals surface area (Å²) in [5.41, 5.74) is 0.664. The molecule has 3 heterocycles. The van der Waals surface area contributed by atoms with E-state index in [1.807, 2.05) is 0 Å². The first-order valence-electron chi connectivity index (χ1n) is 18.7. The summed E-state index contributed by atoms with van der Waals surface area (Å²) in [6.07, 6.45) is 20.7. The molecular formula is C36H59BF2N3O8P. The maximum Gasteiger partial charge on any atom is 0.737 e. The number of allylic oxidation sites excluding steroid dienone is 2. The van der Waals surface area contributed by atoms with Crippen LogP contribution >= 0.6 is 7.82 Å². The first-order valence-corrected chi connectivity index (χ1v) is 20.2. The van der Waals surface area contributed by atoms with Crippen LogP contribution in [0.2, 0.25) is 0 Å². The zero-order valence-electron chi connectivity index (χ0n) is 31.0. The lowest BCUT2D eigenvalue weighted by Crippen LogP contribution is -2.50. The Bertz CT molecular complexity index is 1460. The second-order valence-electron chi connectivity index (χ2n) is 14.2. The van der Waals surface area contributed by atoms with Crippen molar-refractivity contribution in [1.82, 2.24) is 9.79 Å². The lowest BCUT2D eigenvalue weighted by Gasteiger charge is -2.30. The third-order valence-electron chi connectivity index (χ3n) is 9.26. The van der Waals surface area contributed by atoms with Crippen LogP contribution in [0.3, 0.4) is 0 Å². The number of halogens is 2. The number of nitrogens with one attached hydrogen (secondary N) is 1. The number of nitrogens with zero attached hydrogens (tertiary/aromatic N) is 2. The van der Waals surface area contributed by atoms with Crippen LogP contribution in [0.5, 0.6) is 0 Å². The summed E-state index contributed by atoms with van der Waals surface area (Å²) in [4.78, 5) is 34.5. The third kappa shape index (κ3) is 14.0. The van der Waals surface area contributed by atoms with Crippen LogP contribution in [-0.4, -0.2) is 75.5 Å². The minimum Gasteiger partial charge on any atom is -0.463 e. The molecule has 0 radical (unpaired) electrons. The Morgan fingerprint density at radius 3 is 2.18 bits per heavy atom. The minimum atomic E-state index is -4.59. The van der Waals surface area contributed by atoms with Crippen molar-refractivity contribution in [3.05, 3.63) is 40.9 Å². The summed E-state index contributed by atoms with van der Waals surface area (Å²) in [5.74, 6) is -0.904. The number of esters is 1. The molecule has 1 aromatic heterocycles. The van der Waals surface area contributed by atoms with E-state index >= 15 is 8.63 Å². The van der Waals surface area contributed by atoms with Crippen LogP contribution < -0.4 is 5.32 Å². The molecule has 3 N–H and O–H groups in total. The van der Waals surface area contributed by atoms with Crippen molar-refractivity contribution >= 4 is 38.5 Å². The summed E-state index contributed by atoms with van der Waals surface area (Å²) in [7, 11) is -4.59. The van der Waals surface area contributed by atoms with E-state index in [9.17, 15) is 24.2 Å². The Hall–Kier alpha value is -2.64. The van der Waals surface area contributed by atoms with Crippen molar-refractivity contribution in [2.24, 2.45) is 0 Å². The number of aliphatic hydroxyl groups is 1. The number of hydrogen-bond acceptors (Lipinski definition) is 7. The van der Waals surface area contributed by atoms with Gasteiger partial charge in [0.05, 0.1) is 13.2 Å². The normalized spacial score (nSPS) is 17.1. The predicted octanol–water partition coefficient (Wildman–Crippen LogP) is 7.51. The predicted molar refractivity (Wildman–Crippen MR) is 196 cm³/mol. The van der Waals surface area contributed by atoms with Gasteiger partial charge in [0.2, 0.25) is 5.91 Å². The fourth-order valence-electron chi connectivity index (χ4n) is 6.47. The molecule has 51 heavy (non-hydrogen) atoms. The molecule has 0 aliphatic carbocycles. The van der Waals surface area contributed by atoms with Crippen LogP contribution in [0.1, 0.15) is 134 Å². The van der Waals surface area contributed by atoms with Crippen molar-refractivity contribution in [3.63, 3.8) is 0 Å². The minimum absolute atomic E-state index is 0.0627. The van der Waals surface area contributed by atoms with Crippen LogP contribution in [0.4, 0.5) is 8.63 Å². The van der Waals surface area contributed by atoms with Gasteiger partial charge < -0.3 is 37.6 Å². The van der Waals surface area contributed by atoms with Gasteiger partial charge in [-0.2, -0.15) is 0 Å². The summed E-state index contributed by atoms with van der Waals surface area (Å²) in [6.45, 7) is 1.30. The van der Waals surface area contributed by atoms with E-state index in [4.69, 9.17) is 13.8 Å². The number of unbranched alkanes of at least 4 members (excludes halogenated alkanes) is 12. The quantitative estimate of drug-likeness (QED) is 0.0384. The number of carbonyl (C=O) groups is 2. The van der Waals surface area contributed by atoms with Gasteiger partial charge in [-0.1, -0.05) is 84.0 Å². The van der Waals surface area contributed by atoms with Crippen LogP contribution in [-0.2, 0) is 27.9 Å². The fourth-order valence-corrected chi connectivity index (χ4v) is 7.31. The Labute approximate surface area is 302 Å². The van der Waals surface area contributed by atoms with Crippen molar-refractivity contribution in [2.75, 3.05) is 26.4 Å². The van der Waals surface area contributed by atoms with E-state index < -0.39 is 45.5 Å². The van der Waals surface area contributed by atoms with Gasteiger partial charge in [-0.15, -0.1) is 0 Å². The highest BCUT2D eigenvalue weighted by Crippen LogP contribution is 2.43. The van der Waals surface area contributed by atoms with Gasteiger partial charge in [-0.05, 0) is 44.5 Å². The number of phosphoric acid groups is 1. The fraction of sp³-hybridized carbons (Fsp3) is 0.694. The van der Waals surface area contributed by atoms with E-state index in [2.05, 4.69) is 12.2 Å². The molecule has 2 atom stereocenters. The van der Waals surface area contributed by atoms with Gasteiger partial charge in [-0.3, -0.25) is 18.6 Å². The lowest BCUT2D eigenvalue weighted by atomic mass is 9.90. The van der Waals surface area contributed by atoms with Gasteiger partial charge in [0, 0.05) is 49.7 Å². The number of fused-ring (bicyclic) bond motifs is 2. The molecule has 0 bridgehead atoms. The average molecular weight is 742 g/mol. The Balaban J connectivity index is 1.24. The number of hydrogen-bond donors (Lipinski definition) is 3. The van der Waals surface area contributed by atoms with Gasteiger partial charge in [-0.25, -0.2) is 4.57 Å². The second-order valence-corrected chi connectivity index (χ2v) is 15.6. The van der Waals surface area contributed by atoms with Gasteiger partial charge in [0.15, 0.2) is 5.70 Å². The van der Waals surface area contributed by atoms with Crippen LogP contribution in [0.25, 0.3) is 6.08 Å². The van der Waals surface area contributed by atoms with E-state index in [-0.39, 0.29) is 32.4 Å². The number of rotatable bonds is 26. The maximum atomic E-state index is 15.5. The van der Waals surface area contributed by atoms with Gasteiger partial charge in [0.1, 0.15) is 17.9 Å². The number of carbonyl (C=O) groups excluding carboxylic acids is 2. The van der Waals surface area contributed by atoms with Crippen LogP contribution in [0, 0.1) is 13.8 Å². The topological polar surface area (TPSA) is 139 Å². The first kappa shape index (κ1) is 42.8. The molecule has 2 unspecified atom stereocenters. The molecule has 0 saturated carbocycles. The highest BCUT2D eigenvalue weighted by molar-refractivity contribution is 7.47. The molecule has 15 heteroatoms. The molecule has 2 aliphatic heterocycles. The van der Waals surface area contributed by atoms with Crippen molar-refractivity contribution in [2.45, 2.75) is 136 Å². The molecule has 1 aromatic rings. The molecule has 3 rings (SSSR count). The smallest absolute Gasteiger partial charge is 0.463 e. The molecule has 0 saturated heterocycles. The van der Waals surface area contributed by atoms with Crippen molar-refractivity contribution in [3.8, 4) is 0 Å². The summed E-state index contributed by atoms with van der Waals surface area (Å²) in [6, 6.07) is 1.72. The van der Waals surface area contributed by atoms with Crippen LogP contribution in [0.15, 0.2) is 23.9 Å². The molecule has 1 amide bonds. The first-order chi connectivity index (χ1) is 24.2. The summed E-state index contributed by atoms with van der Waals surface area (Å²) < 4.78 is 60.3. The molecule has 2 aliphatic rings. The average Bonchev–Trinajstić information content (AvgIpc) is 3.63. The maximum absolute atomic E-state index is 15.5. The Morgan fingerprint density at radius 1 is 0.941 bits per heavy atom. The van der Waals surface area contributed by atoms with Gasteiger partial charge >= 0.3 is 20.8 Å². The van der Waals surface area contributed by atoms with E-state index in [1.54, 1.807) is 38.1 Å². The van der Waals surface area contributed by atoms with Crippen molar-refractivity contribution in [1.29, 1.82) is 0 Å². The van der Waals surface area contributed by atoms with E-state index in [1.165, 1.54) is 64.7 Å². The zero-order valence-corrected chi connectivity index (χ0v) is 31.9. The number of aromatic nitrogens is 1. The van der Waals surface area contributed by atoms with E-state index in [0.29, 0.717) is 29.2 Å². The third-order valence-corrected chi connectivity index (χ3v) is 10.2. The highest BCUT2D eigenvalue weighted by Gasteiger charge is 2.52. The van der Waals surface area contributed by atoms with E-state index in [0.717, 1.165) is 33.8 Å². The van der Waals surface area contributed by atoms with Gasteiger partial charge in [0.25, 0.3) is 0 Å². The zero-order chi connectivity index (χ0) is 37.5. The molecule has 0 aromatic carbocycles. The molecule has 0 spiro atoms. The number of aryl methyl sites for hydroxylation is 2. The molecule has 0 fully saturated rings. The lowest BCUT2D eigenvalue weighted by molar-refractivity contribution is -0.362. The number of ether oxygens (including phenoxy) is 1. The number of phosphoric ester groups is 1. The number of amides is 1. The standard InChI is InChI=1S/C36H59BF2N3O8P/c1-5-6-7-8-9-10-11-12-13-14-15-16-17-18-35(44)48-27-36(4,45)28-50-51(46,47)49-24-23-40-34(43)22-21-31-19-20-32-26-33-29(2)25-30(3)41(33)37(38,39)42(31)32/h19-20,25-26,45H,5-18,21-24,27-28H2,1-4H3,(H,40,43)(H,46,47). The Morgan fingerprint density at radius 2 is 1.55 bits per heavy atom. The van der Waals surface area contributed by atoms with Crippen molar-refractivity contribution < 1.29 is 51.1 Å². The SMILES string of the molecule is CCCCCCCCCCCCCCCC(=O)OCC(C)(O)COP(=O)(O)OCCNC(=O)CCC1=[N+]2C(=Cc3c(C)cc(C)n3[B-]2(F)F)C=C1. The molecule has 11 nitrogen and oxygen atoms in total. The summed E-state index contributed by atoms with van der Waals surface area (Å²) in [5, 5.41) is 13.0.